The molecule has 11 heteroatoms. The van der Waals surface area contributed by atoms with E-state index in [1.54, 1.807) is 23.9 Å². The lowest BCUT2D eigenvalue weighted by Gasteiger charge is -2.33. The van der Waals surface area contributed by atoms with E-state index < -0.39 is 10.0 Å². The number of nitrogens with zero attached hydrogens (tertiary/aromatic N) is 6. The summed E-state index contributed by atoms with van der Waals surface area (Å²) in [5.74, 6) is 1.44. The van der Waals surface area contributed by atoms with Gasteiger partial charge in [-0.15, -0.1) is 5.10 Å². The molecule has 30 heavy (non-hydrogen) atoms. The number of rotatable bonds is 6. The average Bonchev–Trinajstić information content (AvgIpc) is 3.22. The highest BCUT2D eigenvalue weighted by atomic mass is 35.5. The molecule has 1 aliphatic rings. The van der Waals surface area contributed by atoms with Crippen molar-refractivity contribution in [3.8, 4) is 11.4 Å². The van der Waals surface area contributed by atoms with Gasteiger partial charge in [-0.25, -0.2) is 8.42 Å². The van der Waals surface area contributed by atoms with Crippen molar-refractivity contribution in [3.63, 3.8) is 0 Å². The molecule has 9 nitrogen and oxygen atoms in total. The molecule has 4 rings (SSSR count). The summed E-state index contributed by atoms with van der Waals surface area (Å²) < 4.78 is 34.0. The van der Waals surface area contributed by atoms with Crippen LogP contribution in [0.2, 0.25) is 5.02 Å². The molecule has 0 unspecified atom stereocenters. The summed E-state index contributed by atoms with van der Waals surface area (Å²) in [6.07, 6.45) is 0. The molecule has 0 spiro atoms. The van der Waals surface area contributed by atoms with Crippen molar-refractivity contribution in [3.05, 3.63) is 59.4 Å². The maximum absolute atomic E-state index is 12.8. The number of benzene rings is 2. The Bertz CT molecular complexity index is 1090. The van der Waals surface area contributed by atoms with Gasteiger partial charge in [-0.05, 0) is 59.0 Å². The predicted molar refractivity (Wildman–Crippen MR) is 111 cm³/mol. The summed E-state index contributed by atoms with van der Waals surface area (Å²) in [5.41, 5.74) is 0.833. The molecule has 1 fully saturated rings. The Kier molecular flexibility index (Phi) is 6.00. The molecule has 1 aromatic heterocycles. The highest BCUT2D eigenvalue weighted by molar-refractivity contribution is 7.89. The first-order valence-corrected chi connectivity index (χ1v) is 11.2. The maximum atomic E-state index is 12.8. The highest BCUT2D eigenvalue weighted by Crippen LogP contribution is 2.21. The smallest absolute Gasteiger partial charge is 0.243 e. The summed E-state index contributed by atoms with van der Waals surface area (Å²) in [5, 5.41) is 12.5. The number of methoxy groups -OCH3 is 1. The fraction of sp³-hybridized carbons (Fsp3) is 0.316. The second-order valence-electron chi connectivity index (χ2n) is 6.84. The van der Waals surface area contributed by atoms with E-state index in [2.05, 4.69) is 20.4 Å². The van der Waals surface area contributed by atoms with Crippen LogP contribution in [0.1, 0.15) is 5.82 Å². The van der Waals surface area contributed by atoms with Gasteiger partial charge in [0, 0.05) is 31.2 Å². The Labute approximate surface area is 179 Å². The first-order valence-electron chi connectivity index (χ1n) is 9.37. The largest absolute Gasteiger partial charge is 0.497 e. The maximum Gasteiger partial charge on any atom is 0.243 e. The van der Waals surface area contributed by atoms with Gasteiger partial charge in [0.2, 0.25) is 10.0 Å². The lowest BCUT2D eigenvalue weighted by Crippen LogP contribution is -2.48. The van der Waals surface area contributed by atoms with E-state index in [0.29, 0.717) is 43.6 Å². The highest BCUT2D eigenvalue weighted by Gasteiger charge is 2.29. The summed E-state index contributed by atoms with van der Waals surface area (Å²) in [7, 11) is -1.92. The monoisotopic (exact) mass is 448 g/mol. The molecule has 2 heterocycles. The van der Waals surface area contributed by atoms with Crippen LogP contribution < -0.4 is 4.74 Å². The Morgan fingerprint density at radius 2 is 1.67 bits per heavy atom. The van der Waals surface area contributed by atoms with Gasteiger partial charge in [-0.1, -0.05) is 11.6 Å². The van der Waals surface area contributed by atoms with Crippen molar-refractivity contribution in [1.82, 2.24) is 29.4 Å². The average molecular weight is 449 g/mol. The Morgan fingerprint density at radius 1 is 1.00 bits per heavy atom. The van der Waals surface area contributed by atoms with E-state index in [0.717, 1.165) is 11.4 Å². The van der Waals surface area contributed by atoms with E-state index in [4.69, 9.17) is 16.3 Å². The van der Waals surface area contributed by atoms with Gasteiger partial charge >= 0.3 is 0 Å². The van der Waals surface area contributed by atoms with Crippen LogP contribution in [0.25, 0.3) is 5.69 Å². The zero-order valence-electron chi connectivity index (χ0n) is 16.3. The molecule has 0 saturated carbocycles. The summed E-state index contributed by atoms with van der Waals surface area (Å²) >= 11 is 5.87. The van der Waals surface area contributed by atoms with Gasteiger partial charge in [0.05, 0.1) is 24.2 Å². The fourth-order valence-corrected chi connectivity index (χ4v) is 4.86. The molecule has 0 atom stereocenters. The van der Waals surface area contributed by atoms with Crippen molar-refractivity contribution in [1.29, 1.82) is 0 Å². The summed E-state index contributed by atoms with van der Waals surface area (Å²) in [6.45, 7) is 2.49. The van der Waals surface area contributed by atoms with Gasteiger partial charge in [-0.3, -0.25) is 4.90 Å². The summed E-state index contributed by atoms with van der Waals surface area (Å²) in [6, 6.07) is 13.7. The number of tetrazole rings is 1. The minimum atomic E-state index is -3.53. The Morgan fingerprint density at radius 3 is 2.30 bits per heavy atom. The van der Waals surface area contributed by atoms with Gasteiger partial charge in [-0.2, -0.15) is 8.99 Å². The van der Waals surface area contributed by atoms with Crippen LogP contribution in [-0.4, -0.2) is 71.1 Å². The molecular weight excluding hydrogens is 428 g/mol. The van der Waals surface area contributed by atoms with E-state index in [1.165, 1.54) is 16.4 Å². The predicted octanol–water partition coefficient (Wildman–Crippen LogP) is 1.83. The Balaban J connectivity index is 1.41. The van der Waals surface area contributed by atoms with Crippen LogP contribution >= 0.6 is 11.6 Å². The normalized spacial score (nSPS) is 15.9. The van der Waals surface area contributed by atoms with Gasteiger partial charge in [0.15, 0.2) is 5.82 Å². The molecule has 0 N–H and O–H groups in total. The molecule has 0 bridgehead atoms. The minimum Gasteiger partial charge on any atom is -0.497 e. The van der Waals surface area contributed by atoms with Crippen LogP contribution in [0.15, 0.2) is 53.4 Å². The number of hydrogen-bond acceptors (Lipinski definition) is 7. The third-order valence-electron chi connectivity index (χ3n) is 5.00. The lowest BCUT2D eigenvalue weighted by atomic mass is 10.3. The molecule has 2 aromatic carbocycles. The second kappa shape index (κ2) is 8.68. The summed E-state index contributed by atoms with van der Waals surface area (Å²) in [4.78, 5) is 2.39. The van der Waals surface area contributed by atoms with Gasteiger partial charge in [0.1, 0.15) is 5.75 Å². The topological polar surface area (TPSA) is 93.4 Å². The lowest BCUT2D eigenvalue weighted by molar-refractivity contribution is 0.177. The minimum absolute atomic E-state index is 0.254. The van der Waals surface area contributed by atoms with E-state index in [-0.39, 0.29) is 4.90 Å². The van der Waals surface area contributed by atoms with Crippen LogP contribution in [0.4, 0.5) is 0 Å². The number of aromatic nitrogens is 4. The van der Waals surface area contributed by atoms with Gasteiger partial charge < -0.3 is 4.74 Å². The third kappa shape index (κ3) is 4.31. The van der Waals surface area contributed by atoms with E-state index in [9.17, 15) is 8.42 Å². The second-order valence-corrected chi connectivity index (χ2v) is 9.21. The number of ether oxygens (including phenoxy) is 1. The first-order chi connectivity index (χ1) is 14.5. The van der Waals surface area contributed by atoms with Crippen LogP contribution in [0, 0.1) is 0 Å². The SMILES string of the molecule is COc1ccc(-n2nnnc2CN2CCN(S(=O)(=O)c3ccc(Cl)cc3)CC2)cc1. The fourth-order valence-electron chi connectivity index (χ4n) is 3.31. The molecule has 0 aliphatic carbocycles. The number of halogens is 1. The van der Waals surface area contributed by atoms with Crippen LogP contribution in [-0.2, 0) is 16.6 Å². The van der Waals surface area contributed by atoms with Crippen molar-refractivity contribution in [2.45, 2.75) is 11.4 Å². The molecule has 0 amide bonds. The number of piperazine rings is 1. The molecular formula is C19H21ClN6O3S. The quantitative estimate of drug-likeness (QED) is 0.567. The third-order valence-corrected chi connectivity index (χ3v) is 7.16. The first kappa shape index (κ1) is 20.7. The molecule has 0 radical (unpaired) electrons. The van der Waals surface area contributed by atoms with Crippen LogP contribution in [0.5, 0.6) is 5.75 Å². The van der Waals surface area contributed by atoms with Crippen molar-refractivity contribution >= 4 is 21.6 Å². The number of sulfonamides is 1. The molecule has 3 aromatic rings. The number of hydrogen-bond donors (Lipinski definition) is 0. The standard InChI is InChI=1S/C19H21ClN6O3S/c1-29-17-6-4-16(5-7-17)26-19(21-22-23-26)14-24-10-12-25(13-11-24)30(27,28)18-8-2-15(20)3-9-18/h2-9H,10-14H2,1H3. The van der Waals surface area contributed by atoms with Crippen molar-refractivity contribution in [2.24, 2.45) is 0 Å². The zero-order chi connectivity index (χ0) is 21.1. The van der Waals surface area contributed by atoms with E-state index in [1.807, 2.05) is 24.3 Å². The zero-order valence-corrected chi connectivity index (χ0v) is 17.9. The Hall–Kier alpha value is -2.53. The van der Waals surface area contributed by atoms with Crippen molar-refractivity contribution in [2.75, 3.05) is 33.3 Å². The molecule has 158 valence electrons. The molecule has 1 saturated heterocycles. The van der Waals surface area contributed by atoms with E-state index >= 15 is 0 Å². The van der Waals surface area contributed by atoms with Crippen LogP contribution in [0.3, 0.4) is 0 Å². The van der Waals surface area contributed by atoms with Crippen molar-refractivity contribution < 1.29 is 13.2 Å². The van der Waals surface area contributed by atoms with Gasteiger partial charge in [0.25, 0.3) is 0 Å². The molecule has 1 aliphatic heterocycles.